The van der Waals surface area contributed by atoms with Gasteiger partial charge >= 0.3 is 0 Å². The van der Waals surface area contributed by atoms with Crippen LogP contribution >= 0.6 is 0 Å². The Morgan fingerprint density at radius 3 is 2.72 bits per heavy atom. The first-order valence-electron chi connectivity index (χ1n) is 6.26. The fourth-order valence-electron chi connectivity index (χ4n) is 2.67. The lowest BCUT2D eigenvalue weighted by Gasteiger charge is -2.29. The molecular formula is C13H18N4O. The molecule has 5 nitrogen and oxygen atoms in total. The first-order valence-corrected chi connectivity index (χ1v) is 6.26. The van der Waals surface area contributed by atoms with Gasteiger partial charge in [-0.3, -0.25) is 5.10 Å². The van der Waals surface area contributed by atoms with Gasteiger partial charge in [-0.1, -0.05) is 26.7 Å². The van der Waals surface area contributed by atoms with Crippen LogP contribution in [0.1, 0.15) is 43.9 Å². The number of hydrogen-bond donors (Lipinski definition) is 2. The van der Waals surface area contributed by atoms with Crippen LogP contribution in [0.2, 0.25) is 0 Å². The molecule has 18 heavy (non-hydrogen) atoms. The van der Waals surface area contributed by atoms with Crippen LogP contribution in [0.5, 0.6) is 5.88 Å². The predicted octanol–water partition coefficient (Wildman–Crippen LogP) is 2.32. The summed E-state index contributed by atoms with van der Waals surface area (Å²) in [6.07, 6.45) is 1.98. The van der Waals surface area contributed by atoms with Gasteiger partial charge in [0.1, 0.15) is 6.07 Å². The van der Waals surface area contributed by atoms with E-state index in [4.69, 9.17) is 10.5 Å². The minimum Gasteiger partial charge on any atom is -0.420 e. The lowest BCUT2D eigenvalue weighted by Crippen LogP contribution is -2.24. The topological polar surface area (TPSA) is 87.7 Å². The van der Waals surface area contributed by atoms with Crippen LogP contribution < -0.4 is 10.5 Å². The van der Waals surface area contributed by atoms with Crippen molar-refractivity contribution in [2.24, 2.45) is 11.7 Å². The molecule has 1 aromatic heterocycles. The maximum atomic E-state index is 9.33. The Labute approximate surface area is 107 Å². The van der Waals surface area contributed by atoms with Crippen molar-refractivity contribution in [3.8, 4) is 11.9 Å². The molecule has 0 aliphatic carbocycles. The van der Waals surface area contributed by atoms with E-state index in [0.717, 1.165) is 24.1 Å². The summed E-state index contributed by atoms with van der Waals surface area (Å²) in [6, 6.07) is 2.20. The zero-order chi connectivity index (χ0) is 13.3. The Hall–Kier alpha value is -1.96. The second-order valence-electron chi connectivity index (χ2n) is 4.61. The lowest BCUT2D eigenvalue weighted by atomic mass is 9.77. The van der Waals surface area contributed by atoms with Gasteiger partial charge in [0.2, 0.25) is 11.8 Å². The second kappa shape index (κ2) is 4.73. The van der Waals surface area contributed by atoms with Crippen LogP contribution in [-0.2, 0) is 0 Å². The van der Waals surface area contributed by atoms with Crippen LogP contribution in [-0.4, -0.2) is 10.2 Å². The number of nitriles is 1. The Morgan fingerprint density at radius 2 is 2.17 bits per heavy atom. The monoisotopic (exact) mass is 246 g/mol. The van der Waals surface area contributed by atoms with E-state index in [9.17, 15) is 5.26 Å². The van der Waals surface area contributed by atoms with Crippen molar-refractivity contribution in [2.45, 2.75) is 39.5 Å². The fourth-order valence-corrected chi connectivity index (χ4v) is 2.67. The molecular weight excluding hydrogens is 228 g/mol. The normalized spacial score (nSPS) is 18.5. The average Bonchev–Trinajstić information content (AvgIpc) is 2.72. The quantitative estimate of drug-likeness (QED) is 0.856. The first kappa shape index (κ1) is 12.5. The van der Waals surface area contributed by atoms with Crippen molar-refractivity contribution in [1.82, 2.24) is 10.2 Å². The minimum absolute atomic E-state index is 0.00694. The number of nitrogens with zero attached hydrogens (tertiary/aromatic N) is 2. The molecule has 0 saturated carbocycles. The average molecular weight is 246 g/mol. The molecule has 0 radical (unpaired) electrons. The van der Waals surface area contributed by atoms with E-state index in [2.05, 4.69) is 30.1 Å². The van der Waals surface area contributed by atoms with Crippen molar-refractivity contribution in [2.75, 3.05) is 0 Å². The number of rotatable bonds is 3. The number of aromatic nitrogens is 2. The molecule has 5 heteroatoms. The van der Waals surface area contributed by atoms with E-state index in [-0.39, 0.29) is 11.8 Å². The molecule has 0 unspecified atom stereocenters. The maximum absolute atomic E-state index is 9.33. The van der Waals surface area contributed by atoms with Gasteiger partial charge in [-0.25, -0.2) is 0 Å². The van der Waals surface area contributed by atoms with Gasteiger partial charge in [0.05, 0.1) is 5.57 Å². The molecule has 0 amide bonds. The molecule has 2 rings (SSSR count). The third kappa shape index (κ3) is 1.74. The number of fused-ring (bicyclic) bond motifs is 1. The van der Waals surface area contributed by atoms with Gasteiger partial charge in [0.15, 0.2) is 0 Å². The summed E-state index contributed by atoms with van der Waals surface area (Å²) in [5.41, 5.74) is 8.29. The molecule has 1 aromatic rings. The SMILES string of the molecule is CCC(CC)[C@H]1C(C#N)=C(N)Oc2n[nH]c(C)c21. The van der Waals surface area contributed by atoms with E-state index < -0.39 is 0 Å². The molecule has 96 valence electrons. The van der Waals surface area contributed by atoms with Crippen LogP contribution in [0.4, 0.5) is 0 Å². The number of aromatic amines is 1. The summed E-state index contributed by atoms with van der Waals surface area (Å²) in [5.74, 6) is 1.07. The third-order valence-corrected chi connectivity index (χ3v) is 3.69. The van der Waals surface area contributed by atoms with Crippen molar-refractivity contribution >= 4 is 0 Å². The van der Waals surface area contributed by atoms with Gasteiger partial charge in [-0.2, -0.15) is 5.26 Å². The number of allylic oxidation sites excluding steroid dienone is 1. The van der Waals surface area contributed by atoms with Crippen LogP contribution in [0.3, 0.4) is 0 Å². The number of hydrogen-bond acceptors (Lipinski definition) is 4. The van der Waals surface area contributed by atoms with Crippen molar-refractivity contribution in [3.05, 3.63) is 22.7 Å². The highest BCUT2D eigenvalue weighted by atomic mass is 16.5. The van der Waals surface area contributed by atoms with Crippen molar-refractivity contribution in [3.63, 3.8) is 0 Å². The maximum Gasteiger partial charge on any atom is 0.243 e. The second-order valence-corrected chi connectivity index (χ2v) is 4.61. The highest BCUT2D eigenvalue weighted by molar-refractivity contribution is 5.49. The molecule has 1 atom stereocenters. The Bertz CT molecular complexity index is 520. The number of nitrogens with one attached hydrogen (secondary N) is 1. The van der Waals surface area contributed by atoms with E-state index in [1.807, 2.05) is 6.92 Å². The van der Waals surface area contributed by atoms with Crippen LogP contribution in [0, 0.1) is 24.2 Å². The first-order chi connectivity index (χ1) is 8.63. The molecule has 0 spiro atoms. The minimum atomic E-state index is -0.00694. The zero-order valence-electron chi connectivity index (χ0n) is 10.9. The Balaban J connectivity index is 2.57. The van der Waals surface area contributed by atoms with E-state index in [1.165, 1.54) is 0 Å². The number of ether oxygens (including phenoxy) is 1. The van der Waals surface area contributed by atoms with Gasteiger partial charge in [0, 0.05) is 17.2 Å². The molecule has 3 N–H and O–H groups in total. The molecule has 0 bridgehead atoms. The highest BCUT2D eigenvalue weighted by Crippen LogP contribution is 2.44. The summed E-state index contributed by atoms with van der Waals surface area (Å²) < 4.78 is 5.42. The van der Waals surface area contributed by atoms with Crippen LogP contribution in [0.15, 0.2) is 11.5 Å². The molecule has 0 aromatic carbocycles. The van der Waals surface area contributed by atoms with Crippen LogP contribution in [0.25, 0.3) is 0 Å². The van der Waals surface area contributed by atoms with E-state index in [1.54, 1.807) is 0 Å². The molecule has 2 heterocycles. The van der Waals surface area contributed by atoms with E-state index in [0.29, 0.717) is 17.4 Å². The molecule has 1 aliphatic heterocycles. The fraction of sp³-hybridized carbons (Fsp3) is 0.538. The Kier molecular flexibility index (Phi) is 3.28. The van der Waals surface area contributed by atoms with Crippen molar-refractivity contribution < 1.29 is 4.74 Å². The standard InChI is InChI=1S/C13H18N4O/c1-4-8(5-2)11-9(6-14)12(15)18-13-10(11)7(3)16-17-13/h8,11H,4-5,15H2,1-3H3,(H,16,17)/t11-/m0/s1. The highest BCUT2D eigenvalue weighted by Gasteiger charge is 2.36. The van der Waals surface area contributed by atoms with Gasteiger partial charge in [-0.15, -0.1) is 5.10 Å². The predicted molar refractivity (Wildman–Crippen MR) is 67.6 cm³/mol. The molecule has 0 saturated heterocycles. The van der Waals surface area contributed by atoms with Crippen molar-refractivity contribution in [1.29, 1.82) is 5.26 Å². The lowest BCUT2D eigenvalue weighted by molar-refractivity contribution is 0.341. The molecule has 0 fully saturated rings. The summed E-state index contributed by atoms with van der Waals surface area (Å²) in [7, 11) is 0. The summed E-state index contributed by atoms with van der Waals surface area (Å²) in [6.45, 7) is 6.20. The summed E-state index contributed by atoms with van der Waals surface area (Å²) >= 11 is 0. The third-order valence-electron chi connectivity index (χ3n) is 3.69. The number of nitrogens with two attached hydrogens (primary N) is 1. The Morgan fingerprint density at radius 1 is 1.50 bits per heavy atom. The summed E-state index contributed by atoms with van der Waals surface area (Å²) in [5, 5.41) is 16.3. The molecule has 1 aliphatic rings. The summed E-state index contributed by atoms with van der Waals surface area (Å²) in [4.78, 5) is 0. The smallest absolute Gasteiger partial charge is 0.243 e. The van der Waals surface area contributed by atoms with E-state index >= 15 is 0 Å². The zero-order valence-corrected chi connectivity index (χ0v) is 10.9. The van der Waals surface area contributed by atoms with Gasteiger partial charge in [0.25, 0.3) is 0 Å². The number of H-pyrrole nitrogens is 1. The number of aryl methyl sites for hydroxylation is 1. The van der Waals surface area contributed by atoms with Gasteiger partial charge < -0.3 is 10.5 Å². The largest absolute Gasteiger partial charge is 0.420 e. The van der Waals surface area contributed by atoms with Gasteiger partial charge in [-0.05, 0) is 12.8 Å².